The second-order valence-corrected chi connectivity index (χ2v) is 5.39. The molecule has 0 heterocycles. The quantitative estimate of drug-likeness (QED) is 0.739. The number of unbranched alkanes of at least 4 members (excludes halogenated alkanes) is 1. The van der Waals surface area contributed by atoms with Crippen LogP contribution in [0.25, 0.3) is 0 Å². The van der Waals surface area contributed by atoms with Crippen molar-refractivity contribution in [3.63, 3.8) is 0 Å². The lowest BCUT2D eigenvalue weighted by Gasteiger charge is -2.07. The molecule has 1 aromatic carbocycles. The van der Waals surface area contributed by atoms with Gasteiger partial charge >= 0.3 is 0 Å². The maximum atomic E-state index is 11.9. The van der Waals surface area contributed by atoms with Crippen LogP contribution < -0.4 is 5.32 Å². The molecule has 1 amide bonds. The van der Waals surface area contributed by atoms with E-state index >= 15 is 0 Å². The van der Waals surface area contributed by atoms with Crippen molar-refractivity contribution in [2.45, 2.75) is 33.1 Å². The molecule has 106 valence electrons. The summed E-state index contributed by atoms with van der Waals surface area (Å²) in [5.41, 5.74) is 1.77. The topological polar surface area (TPSA) is 38.3 Å². The van der Waals surface area contributed by atoms with Crippen molar-refractivity contribution in [2.75, 3.05) is 19.8 Å². The highest BCUT2D eigenvalue weighted by Crippen LogP contribution is 2.16. The maximum absolute atomic E-state index is 11.9. The molecule has 1 rings (SSSR count). The van der Waals surface area contributed by atoms with Crippen LogP contribution >= 0.6 is 15.9 Å². The molecule has 0 unspecified atom stereocenters. The molecule has 1 N–H and O–H groups in total. The Kier molecular flexibility index (Phi) is 7.75. The molecule has 4 heteroatoms. The predicted octanol–water partition coefficient (Wildman–Crippen LogP) is 3.69. The first kappa shape index (κ1) is 16.2. The van der Waals surface area contributed by atoms with Crippen LogP contribution in [0.3, 0.4) is 0 Å². The molecule has 19 heavy (non-hydrogen) atoms. The van der Waals surface area contributed by atoms with Gasteiger partial charge in [0.1, 0.15) is 0 Å². The largest absolute Gasteiger partial charge is 0.381 e. The van der Waals surface area contributed by atoms with Crippen LogP contribution in [0.2, 0.25) is 0 Å². The lowest BCUT2D eigenvalue weighted by molar-refractivity contribution is 0.0940. The molecule has 0 radical (unpaired) electrons. The maximum Gasteiger partial charge on any atom is 0.251 e. The second kappa shape index (κ2) is 9.10. The Bertz CT molecular complexity index is 407. The van der Waals surface area contributed by atoms with Gasteiger partial charge in [-0.25, -0.2) is 0 Å². The van der Waals surface area contributed by atoms with E-state index in [0.29, 0.717) is 18.7 Å². The number of halogens is 1. The third kappa shape index (κ3) is 6.21. The molecule has 0 fully saturated rings. The summed E-state index contributed by atoms with van der Waals surface area (Å²) in [5, 5.41) is 2.90. The number of hydrogen-bond acceptors (Lipinski definition) is 2. The van der Waals surface area contributed by atoms with E-state index in [9.17, 15) is 4.79 Å². The number of carbonyl (C=O) groups excluding carboxylic acids is 1. The SMILES string of the molecule is CCCCOCCCNC(=O)c1ccc(Br)c(C)c1. The van der Waals surface area contributed by atoms with Gasteiger partial charge in [0.2, 0.25) is 0 Å². The molecule has 0 atom stereocenters. The summed E-state index contributed by atoms with van der Waals surface area (Å²) in [5.74, 6) is -0.0239. The molecule has 0 aromatic heterocycles. The molecule has 0 aliphatic carbocycles. The number of carbonyl (C=O) groups is 1. The molecule has 0 aliphatic rings. The third-order valence-corrected chi connectivity index (χ3v) is 3.70. The predicted molar refractivity (Wildman–Crippen MR) is 81.6 cm³/mol. The van der Waals surface area contributed by atoms with E-state index < -0.39 is 0 Å². The Morgan fingerprint density at radius 3 is 2.74 bits per heavy atom. The van der Waals surface area contributed by atoms with E-state index in [1.165, 1.54) is 0 Å². The van der Waals surface area contributed by atoms with Crippen LogP contribution in [-0.2, 0) is 4.74 Å². The fraction of sp³-hybridized carbons (Fsp3) is 0.533. The fourth-order valence-electron chi connectivity index (χ4n) is 1.61. The number of aryl methyl sites for hydroxylation is 1. The minimum absolute atomic E-state index is 0.0239. The van der Waals surface area contributed by atoms with Crippen molar-refractivity contribution < 1.29 is 9.53 Å². The number of benzene rings is 1. The zero-order valence-corrected chi connectivity index (χ0v) is 13.3. The summed E-state index contributed by atoms with van der Waals surface area (Å²) in [6.07, 6.45) is 3.11. The normalized spacial score (nSPS) is 10.5. The van der Waals surface area contributed by atoms with Crippen molar-refractivity contribution in [3.05, 3.63) is 33.8 Å². The average molecular weight is 328 g/mol. The molecular weight excluding hydrogens is 306 g/mol. The van der Waals surface area contributed by atoms with Crippen LogP contribution in [0.15, 0.2) is 22.7 Å². The Morgan fingerprint density at radius 1 is 1.32 bits per heavy atom. The Balaban J connectivity index is 2.22. The first-order valence-corrected chi connectivity index (χ1v) is 7.56. The summed E-state index contributed by atoms with van der Waals surface area (Å²) >= 11 is 3.42. The minimum atomic E-state index is -0.0239. The molecular formula is C15H22BrNO2. The van der Waals surface area contributed by atoms with Crippen LogP contribution in [0.4, 0.5) is 0 Å². The number of nitrogens with one attached hydrogen (secondary N) is 1. The summed E-state index contributed by atoms with van der Waals surface area (Å²) in [7, 11) is 0. The van der Waals surface area contributed by atoms with E-state index in [1.54, 1.807) is 0 Å². The average Bonchev–Trinajstić information content (AvgIpc) is 2.40. The summed E-state index contributed by atoms with van der Waals surface area (Å²) in [6, 6.07) is 5.61. The zero-order valence-electron chi connectivity index (χ0n) is 11.7. The lowest BCUT2D eigenvalue weighted by atomic mass is 10.1. The highest BCUT2D eigenvalue weighted by Gasteiger charge is 2.05. The molecule has 0 saturated heterocycles. The molecule has 3 nitrogen and oxygen atoms in total. The van der Waals surface area contributed by atoms with E-state index in [-0.39, 0.29) is 5.91 Å². The second-order valence-electron chi connectivity index (χ2n) is 4.54. The van der Waals surface area contributed by atoms with Gasteiger partial charge in [0.05, 0.1) is 0 Å². The monoisotopic (exact) mass is 327 g/mol. The van der Waals surface area contributed by atoms with Gasteiger partial charge < -0.3 is 10.1 Å². The number of amides is 1. The van der Waals surface area contributed by atoms with E-state index in [0.717, 1.165) is 35.9 Å². The fourth-order valence-corrected chi connectivity index (χ4v) is 1.86. The molecule has 1 aromatic rings. The summed E-state index contributed by atoms with van der Waals surface area (Å²) in [4.78, 5) is 11.9. The van der Waals surface area contributed by atoms with Gasteiger partial charge in [0.25, 0.3) is 5.91 Å². The molecule has 0 spiro atoms. The highest BCUT2D eigenvalue weighted by molar-refractivity contribution is 9.10. The lowest BCUT2D eigenvalue weighted by Crippen LogP contribution is -2.25. The summed E-state index contributed by atoms with van der Waals surface area (Å²) < 4.78 is 6.46. The van der Waals surface area contributed by atoms with Crippen molar-refractivity contribution in [3.8, 4) is 0 Å². The molecule has 0 aliphatic heterocycles. The standard InChI is InChI=1S/C15H22BrNO2/c1-3-4-9-19-10-5-8-17-15(18)13-6-7-14(16)12(2)11-13/h6-7,11H,3-5,8-10H2,1-2H3,(H,17,18). The van der Waals surface area contributed by atoms with Crippen LogP contribution in [-0.4, -0.2) is 25.7 Å². The first-order valence-electron chi connectivity index (χ1n) is 6.77. The number of ether oxygens (including phenoxy) is 1. The smallest absolute Gasteiger partial charge is 0.251 e. The van der Waals surface area contributed by atoms with Gasteiger partial charge in [0, 0.05) is 29.8 Å². The van der Waals surface area contributed by atoms with Gasteiger partial charge in [0.15, 0.2) is 0 Å². The Morgan fingerprint density at radius 2 is 2.05 bits per heavy atom. The van der Waals surface area contributed by atoms with Gasteiger partial charge in [-0.15, -0.1) is 0 Å². The van der Waals surface area contributed by atoms with Crippen molar-refractivity contribution in [1.82, 2.24) is 5.32 Å². The van der Waals surface area contributed by atoms with Gasteiger partial charge in [-0.1, -0.05) is 29.3 Å². The van der Waals surface area contributed by atoms with Gasteiger partial charge in [-0.05, 0) is 43.5 Å². The Labute approximate surface area is 123 Å². The van der Waals surface area contributed by atoms with Gasteiger partial charge in [-0.3, -0.25) is 4.79 Å². The number of rotatable bonds is 8. The van der Waals surface area contributed by atoms with E-state index in [2.05, 4.69) is 28.2 Å². The van der Waals surface area contributed by atoms with Crippen LogP contribution in [0.5, 0.6) is 0 Å². The van der Waals surface area contributed by atoms with Crippen LogP contribution in [0.1, 0.15) is 42.1 Å². The first-order chi connectivity index (χ1) is 9.15. The van der Waals surface area contributed by atoms with E-state index in [4.69, 9.17) is 4.74 Å². The van der Waals surface area contributed by atoms with E-state index in [1.807, 2.05) is 25.1 Å². The highest BCUT2D eigenvalue weighted by atomic mass is 79.9. The number of hydrogen-bond donors (Lipinski definition) is 1. The van der Waals surface area contributed by atoms with Crippen LogP contribution in [0, 0.1) is 6.92 Å². The zero-order chi connectivity index (χ0) is 14.1. The van der Waals surface area contributed by atoms with Crippen molar-refractivity contribution in [1.29, 1.82) is 0 Å². The summed E-state index contributed by atoms with van der Waals surface area (Å²) in [6.45, 7) is 6.29. The van der Waals surface area contributed by atoms with Crippen molar-refractivity contribution in [2.24, 2.45) is 0 Å². The molecule has 0 bridgehead atoms. The molecule has 0 saturated carbocycles. The third-order valence-electron chi connectivity index (χ3n) is 2.81. The Hall–Kier alpha value is -0.870. The minimum Gasteiger partial charge on any atom is -0.381 e. The van der Waals surface area contributed by atoms with Gasteiger partial charge in [-0.2, -0.15) is 0 Å². The van der Waals surface area contributed by atoms with Crippen molar-refractivity contribution >= 4 is 21.8 Å².